The van der Waals surface area contributed by atoms with E-state index in [1.807, 2.05) is 13.8 Å². The number of aryl methyl sites for hydroxylation is 2. The van der Waals surface area contributed by atoms with Crippen molar-refractivity contribution in [1.82, 2.24) is 14.5 Å². The number of fused-ring (bicyclic) bond motifs is 1. The van der Waals surface area contributed by atoms with Gasteiger partial charge < -0.3 is 15.0 Å². The second-order valence-corrected chi connectivity index (χ2v) is 7.87. The summed E-state index contributed by atoms with van der Waals surface area (Å²) in [6.45, 7) is 3.49. The highest BCUT2D eigenvalue weighted by molar-refractivity contribution is 7.18. The second kappa shape index (κ2) is 8.44. The van der Waals surface area contributed by atoms with E-state index in [0.29, 0.717) is 21.7 Å². The molecule has 152 valence electrons. The number of benzene rings is 1. The van der Waals surface area contributed by atoms with Crippen LogP contribution in [0, 0.1) is 13.8 Å². The van der Waals surface area contributed by atoms with Crippen molar-refractivity contribution in [2.24, 2.45) is 0 Å². The van der Waals surface area contributed by atoms with Gasteiger partial charge in [-0.2, -0.15) is 0 Å². The van der Waals surface area contributed by atoms with E-state index < -0.39 is 0 Å². The van der Waals surface area contributed by atoms with Gasteiger partial charge in [0.15, 0.2) is 0 Å². The van der Waals surface area contributed by atoms with Crippen LogP contribution in [-0.2, 0) is 16.1 Å². The maximum Gasteiger partial charge on any atom is 0.262 e. The number of methoxy groups -OCH3 is 1. The van der Waals surface area contributed by atoms with Gasteiger partial charge in [-0.15, -0.1) is 11.3 Å². The minimum absolute atomic E-state index is 0.142. The van der Waals surface area contributed by atoms with Gasteiger partial charge in [-0.05, 0) is 31.5 Å². The average Bonchev–Trinajstić information content (AvgIpc) is 2.98. The molecule has 0 radical (unpaired) electrons. The molecule has 9 heteroatoms. The summed E-state index contributed by atoms with van der Waals surface area (Å²) in [5, 5.41) is 3.26. The molecule has 0 aliphatic heterocycles. The van der Waals surface area contributed by atoms with Gasteiger partial charge in [-0.1, -0.05) is 6.07 Å². The summed E-state index contributed by atoms with van der Waals surface area (Å²) >= 11 is 1.46. The monoisotopic (exact) mass is 414 g/mol. The highest BCUT2D eigenvalue weighted by atomic mass is 32.1. The van der Waals surface area contributed by atoms with E-state index in [1.54, 1.807) is 31.4 Å². The molecule has 0 bridgehead atoms. The quantitative estimate of drug-likeness (QED) is 0.667. The Morgan fingerprint density at radius 3 is 2.79 bits per heavy atom. The number of nitrogens with one attached hydrogen (secondary N) is 1. The van der Waals surface area contributed by atoms with Crippen LogP contribution < -0.4 is 15.6 Å². The zero-order valence-corrected chi connectivity index (χ0v) is 17.5. The Hall–Kier alpha value is -3.20. The Balaban J connectivity index is 1.66. The zero-order chi connectivity index (χ0) is 21.1. The van der Waals surface area contributed by atoms with Crippen LogP contribution >= 0.6 is 11.3 Å². The molecule has 2 amide bonds. The number of amides is 2. The predicted molar refractivity (Wildman–Crippen MR) is 113 cm³/mol. The summed E-state index contributed by atoms with van der Waals surface area (Å²) in [6.07, 6.45) is 1.38. The van der Waals surface area contributed by atoms with E-state index in [2.05, 4.69) is 10.3 Å². The van der Waals surface area contributed by atoms with Gasteiger partial charge in [0.05, 0.1) is 25.4 Å². The normalized spacial score (nSPS) is 10.8. The van der Waals surface area contributed by atoms with E-state index in [4.69, 9.17) is 4.74 Å². The van der Waals surface area contributed by atoms with Crippen LogP contribution in [0.4, 0.5) is 5.69 Å². The van der Waals surface area contributed by atoms with Crippen LogP contribution in [0.5, 0.6) is 5.75 Å². The Kier molecular flexibility index (Phi) is 5.97. The fourth-order valence-corrected chi connectivity index (χ4v) is 3.84. The van der Waals surface area contributed by atoms with Crippen molar-refractivity contribution in [2.45, 2.75) is 20.4 Å². The molecule has 2 aromatic heterocycles. The Morgan fingerprint density at radius 2 is 2.07 bits per heavy atom. The van der Waals surface area contributed by atoms with E-state index in [-0.39, 0.29) is 30.5 Å². The lowest BCUT2D eigenvalue weighted by Gasteiger charge is -2.17. The smallest absolute Gasteiger partial charge is 0.262 e. The molecule has 29 heavy (non-hydrogen) atoms. The Labute approximate surface area is 171 Å². The highest BCUT2D eigenvalue weighted by Crippen LogP contribution is 2.25. The van der Waals surface area contributed by atoms with Crippen LogP contribution in [0.3, 0.4) is 0 Å². The minimum atomic E-state index is -0.362. The number of aromatic nitrogens is 2. The van der Waals surface area contributed by atoms with Gasteiger partial charge in [-0.25, -0.2) is 4.98 Å². The lowest BCUT2D eigenvalue weighted by molar-refractivity contribution is -0.133. The van der Waals surface area contributed by atoms with Crippen molar-refractivity contribution < 1.29 is 14.3 Å². The predicted octanol–water partition coefficient (Wildman–Crippen LogP) is 2.18. The summed E-state index contributed by atoms with van der Waals surface area (Å²) in [5.41, 5.74) is 1.21. The SMILES string of the molecule is COc1cccc(NC(=O)CN(C)C(=O)Cn2cnc3sc(C)c(C)c3c2=O)c1. The van der Waals surface area contributed by atoms with E-state index in [0.717, 1.165) is 10.4 Å². The van der Waals surface area contributed by atoms with Crippen LogP contribution in [0.2, 0.25) is 0 Å². The van der Waals surface area contributed by atoms with Gasteiger partial charge in [0, 0.05) is 23.7 Å². The number of hydrogen-bond acceptors (Lipinski definition) is 6. The average molecular weight is 414 g/mol. The van der Waals surface area contributed by atoms with Crippen molar-refractivity contribution >= 4 is 39.1 Å². The highest BCUT2D eigenvalue weighted by Gasteiger charge is 2.17. The molecule has 0 fully saturated rings. The van der Waals surface area contributed by atoms with Gasteiger partial charge in [0.1, 0.15) is 17.1 Å². The number of carbonyl (C=O) groups excluding carboxylic acids is 2. The number of ether oxygens (including phenoxy) is 1. The molecule has 2 heterocycles. The fourth-order valence-electron chi connectivity index (χ4n) is 2.85. The molecule has 0 unspecified atom stereocenters. The number of carbonyl (C=O) groups is 2. The first kappa shape index (κ1) is 20.5. The molecule has 8 nitrogen and oxygen atoms in total. The lowest BCUT2D eigenvalue weighted by Crippen LogP contribution is -2.38. The largest absolute Gasteiger partial charge is 0.497 e. The molecule has 0 aliphatic rings. The summed E-state index contributed by atoms with van der Waals surface area (Å²) in [5.74, 6) is -0.0913. The standard InChI is InChI=1S/C20H22N4O4S/c1-12-13(2)29-19-18(12)20(27)24(11-21-19)10-17(26)23(3)9-16(25)22-14-6-5-7-15(8-14)28-4/h5-8,11H,9-10H2,1-4H3,(H,22,25). The molecule has 0 atom stereocenters. The van der Waals surface area contributed by atoms with Crippen LogP contribution in [0.15, 0.2) is 35.4 Å². The van der Waals surface area contributed by atoms with Gasteiger partial charge in [-0.3, -0.25) is 19.0 Å². The first-order valence-electron chi connectivity index (χ1n) is 8.93. The van der Waals surface area contributed by atoms with E-state index >= 15 is 0 Å². The Morgan fingerprint density at radius 1 is 1.31 bits per heavy atom. The third kappa shape index (κ3) is 4.45. The second-order valence-electron chi connectivity index (χ2n) is 6.67. The summed E-state index contributed by atoms with van der Waals surface area (Å²) in [4.78, 5) is 44.7. The van der Waals surface area contributed by atoms with Gasteiger partial charge >= 0.3 is 0 Å². The van der Waals surface area contributed by atoms with Crippen LogP contribution in [0.25, 0.3) is 10.2 Å². The first-order chi connectivity index (χ1) is 13.8. The van der Waals surface area contributed by atoms with Crippen LogP contribution in [0.1, 0.15) is 10.4 Å². The lowest BCUT2D eigenvalue weighted by atomic mass is 10.2. The number of hydrogen-bond donors (Lipinski definition) is 1. The number of thiophene rings is 1. The van der Waals surface area contributed by atoms with E-state index in [9.17, 15) is 14.4 Å². The number of likely N-dealkylation sites (N-methyl/N-ethyl adjacent to an activating group) is 1. The molecule has 0 saturated carbocycles. The Bertz CT molecular complexity index is 1140. The van der Waals surface area contributed by atoms with Crippen LogP contribution in [-0.4, -0.2) is 47.0 Å². The molecule has 0 aliphatic carbocycles. The van der Waals surface area contributed by atoms with Crippen molar-refractivity contribution in [3.05, 3.63) is 51.4 Å². The molecule has 0 spiro atoms. The maximum atomic E-state index is 12.7. The molecular weight excluding hydrogens is 392 g/mol. The van der Waals surface area contributed by atoms with E-state index in [1.165, 1.54) is 34.2 Å². The molecule has 1 aromatic carbocycles. The maximum absolute atomic E-state index is 12.7. The van der Waals surface area contributed by atoms with Crippen molar-refractivity contribution in [3.8, 4) is 5.75 Å². The zero-order valence-electron chi connectivity index (χ0n) is 16.7. The van der Waals surface area contributed by atoms with Crippen molar-refractivity contribution in [1.29, 1.82) is 0 Å². The number of nitrogens with zero attached hydrogens (tertiary/aromatic N) is 3. The van der Waals surface area contributed by atoms with Gasteiger partial charge in [0.2, 0.25) is 11.8 Å². The number of rotatable bonds is 6. The first-order valence-corrected chi connectivity index (χ1v) is 9.74. The molecule has 3 rings (SSSR count). The summed E-state index contributed by atoms with van der Waals surface area (Å²) in [6, 6.07) is 6.94. The topological polar surface area (TPSA) is 93.5 Å². The third-order valence-corrected chi connectivity index (χ3v) is 5.74. The van der Waals surface area contributed by atoms with Gasteiger partial charge in [0.25, 0.3) is 5.56 Å². The minimum Gasteiger partial charge on any atom is -0.497 e. The molecule has 1 N–H and O–H groups in total. The molecule has 0 saturated heterocycles. The summed E-state index contributed by atoms with van der Waals surface area (Å²) < 4.78 is 6.40. The number of anilines is 1. The van der Waals surface area contributed by atoms with Crippen molar-refractivity contribution in [3.63, 3.8) is 0 Å². The fraction of sp³-hybridized carbons (Fsp3) is 0.300. The molecular formula is C20H22N4O4S. The molecule has 3 aromatic rings. The summed E-state index contributed by atoms with van der Waals surface area (Å²) in [7, 11) is 3.06. The third-order valence-electron chi connectivity index (χ3n) is 4.62. The van der Waals surface area contributed by atoms with Crippen molar-refractivity contribution in [2.75, 3.05) is 26.0 Å².